The zero-order valence-electron chi connectivity index (χ0n) is 8.77. The van der Waals surface area contributed by atoms with Crippen molar-refractivity contribution >= 4 is 33.3 Å². The number of thiophene rings is 1. The van der Waals surface area contributed by atoms with Gasteiger partial charge in [0.05, 0.1) is 12.5 Å². The summed E-state index contributed by atoms with van der Waals surface area (Å²) in [6, 6.07) is 0. The number of anilines is 1. The number of ether oxygens (including phenoxy) is 1. The monoisotopic (exact) mass is 238 g/mol. The molecule has 0 radical (unpaired) electrons. The summed E-state index contributed by atoms with van der Waals surface area (Å²) in [5, 5.41) is 0.760. The molecule has 2 rings (SSSR count). The average molecular weight is 238 g/mol. The summed E-state index contributed by atoms with van der Waals surface area (Å²) in [5.41, 5.74) is 3.26. The number of nitrogens with two attached hydrogens (primary N) is 1. The summed E-state index contributed by atoms with van der Waals surface area (Å²) in [4.78, 5) is 20.8. The molecule has 2 aromatic rings. The van der Waals surface area contributed by atoms with Crippen LogP contribution in [0.4, 0.5) is 5.82 Å². The number of carbonyl (C=O) groups is 1. The maximum Gasteiger partial charge on any atom is 0.348 e. The molecule has 2 heterocycles. The molecule has 2 aromatic heterocycles. The summed E-state index contributed by atoms with van der Waals surface area (Å²) in [5.74, 6) is 5.49. The van der Waals surface area contributed by atoms with Gasteiger partial charge in [-0.1, -0.05) is 0 Å². The third-order valence-electron chi connectivity index (χ3n) is 2.23. The Bertz CT molecular complexity index is 552. The van der Waals surface area contributed by atoms with Crippen LogP contribution in [0.5, 0.6) is 0 Å². The second kappa shape index (κ2) is 4.03. The lowest BCUT2D eigenvalue weighted by atomic mass is 10.2. The number of hydrazine groups is 1. The number of fused-ring (bicyclic) bond motifs is 1. The number of methoxy groups -OCH3 is 1. The van der Waals surface area contributed by atoms with E-state index in [2.05, 4.69) is 15.4 Å². The van der Waals surface area contributed by atoms with Crippen LogP contribution >= 0.6 is 11.3 Å². The Morgan fingerprint density at radius 2 is 2.31 bits per heavy atom. The van der Waals surface area contributed by atoms with E-state index in [4.69, 9.17) is 10.6 Å². The van der Waals surface area contributed by atoms with Gasteiger partial charge in [-0.05, 0) is 12.5 Å². The molecule has 0 aliphatic carbocycles. The van der Waals surface area contributed by atoms with E-state index in [0.717, 1.165) is 10.9 Å². The van der Waals surface area contributed by atoms with Gasteiger partial charge in [0.2, 0.25) is 0 Å². The zero-order valence-corrected chi connectivity index (χ0v) is 9.59. The quantitative estimate of drug-likeness (QED) is 0.462. The molecular weight excluding hydrogens is 228 g/mol. The predicted molar refractivity (Wildman–Crippen MR) is 61.3 cm³/mol. The fourth-order valence-electron chi connectivity index (χ4n) is 1.47. The van der Waals surface area contributed by atoms with Gasteiger partial charge in [0, 0.05) is 0 Å². The first-order chi connectivity index (χ1) is 7.69. The molecule has 0 saturated carbocycles. The molecule has 0 spiro atoms. The summed E-state index contributed by atoms with van der Waals surface area (Å²) in [7, 11) is 1.35. The minimum absolute atomic E-state index is 0.372. The summed E-state index contributed by atoms with van der Waals surface area (Å²) in [6.07, 6.45) is 1.40. The van der Waals surface area contributed by atoms with Gasteiger partial charge in [-0.2, -0.15) is 0 Å². The van der Waals surface area contributed by atoms with Crippen molar-refractivity contribution < 1.29 is 9.53 Å². The molecule has 3 N–H and O–H groups in total. The van der Waals surface area contributed by atoms with E-state index < -0.39 is 0 Å². The maximum atomic E-state index is 11.5. The van der Waals surface area contributed by atoms with E-state index in [1.165, 1.54) is 24.8 Å². The Balaban J connectivity index is 2.73. The number of esters is 1. The minimum atomic E-state index is -0.372. The Morgan fingerprint density at radius 3 is 2.94 bits per heavy atom. The normalized spacial score (nSPS) is 10.4. The van der Waals surface area contributed by atoms with Crippen LogP contribution in [0.3, 0.4) is 0 Å². The average Bonchev–Trinajstić information content (AvgIpc) is 2.66. The molecule has 0 fully saturated rings. The molecule has 16 heavy (non-hydrogen) atoms. The smallest absolute Gasteiger partial charge is 0.348 e. The Hall–Kier alpha value is -1.73. The van der Waals surface area contributed by atoms with Gasteiger partial charge < -0.3 is 10.2 Å². The Morgan fingerprint density at radius 1 is 1.56 bits per heavy atom. The van der Waals surface area contributed by atoms with Crippen LogP contribution < -0.4 is 11.3 Å². The van der Waals surface area contributed by atoms with E-state index in [1.807, 2.05) is 6.92 Å². The van der Waals surface area contributed by atoms with Crippen LogP contribution in [0.25, 0.3) is 10.2 Å². The molecule has 0 aliphatic rings. The molecule has 0 saturated heterocycles. The van der Waals surface area contributed by atoms with Gasteiger partial charge in [-0.25, -0.2) is 20.6 Å². The maximum absolute atomic E-state index is 11.5. The summed E-state index contributed by atoms with van der Waals surface area (Å²) < 4.78 is 4.69. The predicted octanol–water partition coefficient (Wildman–Crippen LogP) is 1.07. The first-order valence-corrected chi connectivity index (χ1v) is 5.29. The van der Waals surface area contributed by atoms with Gasteiger partial charge in [-0.3, -0.25) is 0 Å². The van der Waals surface area contributed by atoms with Crippen LogP contribution in [0.15, 0.2) is 6.33 Å². The van der Waals surface area contributed by atoms with Crippen molar-refractivity contribution in [2.24, 2.45) is 5.84 Å². The lowest BCUT2D eigenvalue weighted by Crippen LogP contribution is -2.09. The van der Waals surface area contributed by atoms with Crippen LogP contribution in [-0.2, 0) is 4.74 Å². The number of aromatic nitrogens is 2. The highest BCUT2D eigenvalue weighted by molar-refractivity contribution is 7.20. The van der Waals surface area contributed by atoms with Crippen LogP contribution in [-0.4, -0.2) is 23.0 Å². The van der Waals surface area contributed by atoms with Crippen molar-refractivity contribution in [1.82, 2.24) is 9.97 Å². The number of carbonyl (C=O) groups excluding carboxylic acids is 1. The van der Waals surface area contributed by atoms with E-state index in [1.54, 1.807) is 0 Å². The van der Waals surface area contributed by atoms with Crippen molar-refractivity contribution in [3.05, 3.63) is 16.8 Å². The van der Waals surface area contributed by atoms with Crippen molar-refractivity contribution in [1.29, 1.82) is 0 Å². The second-order valence-corrected chi connectivity index (χ2v) is 4.09. The zero-order chi connectivity index (χ0) is 11.7. The molecule has 0 aliphatic heterocycles. The number of nitrogens with zero attached hydrogens (tertiary/aromatic N) is 2. The molecule has 0 unspecified atom stereocenters. The number of hydrogen-bond acceptors (Lipinski definition) is 7. The molecule has 0 amide bonds. The largest absolute Gasteiger partial charge is 0.465 e. The van der Waals surface area contributed by atoms with Crippen molar-refractivity contribution in [3.8, 4) is 0 Å². The first-order valence-electron chi connectivity index (χ1n) is 4.48. The fourth-order valence-corrected chi connectivity index (χ4v) is 2.54. The van der Waals surface area contributed by atoms with Gasteiger partial charge in [0.15, 0.2) is 5.82 Å². The Kier molecular flexibility index (Phi) is 2.71. The highest BCUT2D eigenvalue weighted by Crippen LogP contribution is 2.32. The number of rotatable bonds is 2. The summed E-state index contributed by atoms with van der Waals surface area (Å²) in [6.45, 7) is 1.81. The van der Waals surface area contributed by atoms with E-state index in [-0.39, 0.29) is 5.97 Å². The first kappa shape index (κ1) is 10.8. The van der Waals surface area contributed by atoms with E-state index in [9.17, 15) is 4.79 Å². The number of hydrogen-bond donors (Lipinski definition) is 2. The van der Waals surface area contributed by atoms with E-state index >= 15 is 0 Å². The van der Waals surface area contributed by atoms with Crippen LogP contribution in [0, 0.1) is 6.92 Å². The van der Waals surface area contributed by atoms with Gasteiger partial charge in [0.25, 0.3) is 0 Å². The number of nitrogens with one attached hydrogen (secondary N) is 1. The summed E-state index contributed by atoms with van der Waals surface area (Å²) >= 11 is 1.26. The standard InChI is InChI=1S/C9H10N4O2S/c1-4-5-7(13-10)11-3-12-8(5)16-6(4)9(14)15-2/h3H,10H2,1-2H3,(H,11,12,13). The lowest BCUT2D eigenvalue weighted by Gasteiger charge is -2.00. The second-order valence-electron chi connectivity index (χ2n) is 3.09. The van der Waals surface area contributed by atoms with Gasteiger partial charge in [-0.15, -0.1) is 11.3 Å². The van der Waals surface area contributed by atoms with Gasteiger partial charge >= 0.3 is 5.97 Å². The van der Waals surface area contributed by atoms with E-state index in [0.29, 0.717) is 15.5 Å². The van der Waals surface area contributed by atoms with Crippen LogP contribution in [0.2, 0.25) is 0 Å². The lowest BCUT2D eigenvalue weighted by molar-refractivity contribution is 0.0605. The fraction of sp³-hybridized carbons (Fsp3) is 0.222. The number of aryl methyl sites for hydroxylation is 1. The molecule has 0 bridgehead atoms. The minimum Gasteiger partial charge on any atom is -0.465 e. The SMILES string of the molecule is COC(=O)c1sc2ncnc(NN)c2c1C. The van der Waals surface area contributed by atoms with Gasteiger partial charge in [0.1, 0.15) is 16.0 Å². The topological polar surface area (TPSA) is 90.1 Å². The number of nitrogen functional groups attached to an aromatic ring is 1. The molecule has 84 valence electrons. The molecule has 7 heteroatoms. The van der Waals surface area contributed by atoms with Crippen molar-refractivity contribution in [3.63, 3.8) is 0 Å². The molecule has 6 nitrogen and oxygen atoms in total. The molecular formula is C9H10N4O2S. The highest BCUT2D eigenvalue weighted by Gasteiger charge is 2.19. The highest BCUT2D eigenvalue weighted by atomic mass is 32.1. The third-order valence-corrected chi connectivity index (χ3v) is 3.41. The third kappa shape index (κ3) is 1.50. The molecule has 0 atom stereocenters. The molecule has 0 aromatic carbocycles. The van der Waals surface area contributed by atoms with Crippen molar-refractivity contribution in [2.75, 3.05) is 12.5 Å². The van der Waals surface area contributed by atoms with Crippen molar-refractivity contribution in [2.45, 2.75) is 6.92 Å². The van der Waals surface area contributed by atoms with Crippen LogP contribution in [0.1, 0.15) is 15.2 Å². The Labute approximate surface area is 95.4 Å².